The summed E-state index contributed by atoms with van der Waals surface area (Å²) in [4.78, 5) is 70.9. The zero-order chi connectivity index (χ0) is 35.4. The molecule has 13 heteroatoms. The Morgan fingerprint density at radius 1 is 0.882 bits per heavy atom. The van der Waals surface area contributed by atoms with Crippen molar-refractivity contribution in [2.24, 2.45) is 29.6 Å². The van der Waals surface area contributed by atoms with Crippen LogP contribution in [0, 0.1) is 29.6 Å². The van der Waals surface area contributed by atoms with Gasteiger partial charge in [0.15, 0.2) is 18.1 Å². The van der Waals surface area contributed by atoms with E-state index >= 15 is 0 Å². The first kappa shape index (κ1) is 33.3. The van der Waals surface area contributed by atoms with Gasteiger partial charge in [-0.2, -0.15) is 0 Å². The van der Waals surface area contributed by atoms with Gasteiger partial charge in [-0.25, -0.2) is 4.79 Å². The summed E-state index contributed by atoms with van der Waals surface area (Å²) in [6.07, 6.45) is 0.747. The molecule has 2 saturated carbocycles. The van der Waals surface area contributed by atoms with Crippen molar-refractivity contribution in [1.82, 2.24) is 4.98 Å². The van der Waals surface area contributed by atoms with E-state index in [-0.39, 0.29) is 64.7 Å². The smallest absolute Gasteiger partial charge is 0.338 e. The number of hydrogen-bond acceptors (Lipinski definition) is 10. The van der Waals surface area contributed by atoms with Crippen molar-refractivity contribution in [3.8, 4) is 11.5 Å². The van der Waals surface area contributed by atoms with E-state index in [4.69, 9.17) is 14.2 Å². The van der Waals surface area contributed by atoms with Crippen molar-refractivity contribution in [3.05, 3.63) is 98.5 Å². The van der Waals surface area contributed by atoms with E-state index in [9.17, 15) is 24.0 Å². The largest absolute Gasteiger partial charge is 0.490 e. The van der Waals surface area contributed by atoms with Crippen LogP contribution in [0.3, 0.4) is 0 Å². The third kappa shape index (κ3) is 5.72. The summed E-state index contributed by atoms with van der Waals surface area (Å²) in [5.41, 5.74) is 2.38. The van der Waals surface area contributed by atoms with Gasteiger partial charge >= 0.3 is 10.8 Å². The molecular formula is C38H35N3O8S2. The molecule has 262 valence electrons. The van der Waals surface area contributed by atoms with Gasteiger partial charge in [0.2, 0.25) is 11.8 Å². The summed E-state index contributed by atoms with van der Waals surface area (Å²) in [5.74, 6) is -1.60. The SMILES string of the molecule is CCOC(=O)c1ccc(N2C(=O)C3C(C2=O)[C@@H]2C[C@H]3C3Sc4[nH]c(=O)sc4[C@H](c4ccc(OCC(=O)Nc5ccccc5)c(OCC)c4)C32)cc1. The molecule has 51 heavy (non-hydrogen) atoms. The molecule has 3 heterocycles. The number of carbonyl (C=O) groups is 4. The lowest BCUT2D eigenvalue weighted by molar-refractivity contribution is -0.123. The number of ether oxygens (including phenoxy) is 3. The number of carbonyl (C=O) groups excluding carboxylic acids is 4. The number of hydrogen-bond donors (Lipinski definition) is 2. The second-order valence-corrected chi connectivity index (χ2v) is 15.3. The number of rotatable bonds is 10. The predicted octanol–water partition coefficient (Wildman–Crippen LogP) is 5.71. The summed E-state index contributed by atoms with van der Waals surface area (Å²) in [6.45, 7) is 4.00. The average Bonchev–Trinajstić information content (AvgIpc) is 3.87. The van der Waals surface area contributed by atoms with Gasteiger partial charge in [-0.1, -0.05) is 35.6 Å². The van der Waals surface area contributed by atoms with Gasteiger partial charge in [0.05, 0.1) is 41.3 Å². The van der Waals surface area contributed by atoms with Crippen LogP contribution in [0.15, 0.2) is 82.6 Å². The number of thiazole rings is 1. The molecule has 7 atom stereocenters. The number of nitrogens with one attached hydrogen (secondary N) is 2. The molecule has 2 aliphatic heterocycles. The molecule has 8 rings (SSSR count). The van der Waals surface area contributed by atoms with E-state index < -0.39 is 17.8 Å². The van der Waals surface area contributed by atoms with Crippen LogP contribution in [0.5, 0.6) is 11.5 Å². The topological polar surface area (TPSA) is 144 Å². The third-order valence-electron chi connectivity index (χ3n) is 10.4. The Hall–Kier alpha value is -4.88. The molecule has 4 aliphatic rings. The Morgan fingerprint density at radius 3 is 2.35 bits per heavy atom. The third-order valence-corrected chi connectivity index (χ3v) is 13.0. The first-order valence-corrected chi connectivity index (χ1v) is 18.8. The molecule has 1 saturated heterocycles. The standard InChI is InChI=1S/C38H35N3O8S2/c1-3-47-26-16-20(12-15-25(26)49-18-27(42)39-21-8-6-5-7-9-21)28-29-23-17-24(32(29)50-34-33(28)51-38(46)40-34)31-30(23)35(43)41(36(31)44)22-13-10-19(11-14-22)37(45)48-4-2/h5-16,23-24,28-32H,3-4,17-18H2,1-2H3,(H,39,42)(H,40,46)/t23-,24-,28-,29?,30?,31?,32?/m1/s1. The number of benzene rings is 3. The number of aromatic nitrogens is 1. The number of fused-ring (bicyclic) bond motifs is 9. The van der Waals surface area contributed by atoms with Crippen molar-refractivity contribution in [2.45, 2.75) is 36.5 Å². The minimum atomic E-state index is -0.481. The summed E-state index contributed by atoms with van der Waals surface area (Å²) in [6, 6.07) is 21.2. The fraction of sp³-hybridized carbons (Fsp3) is 0.342. The fourth-order valence-electron chi connectivity index (χ4n) is 8.57. The van der Waals surface area contributed by atoms with Crippen LogP contribution in [-0.4, -0.2) is 53.7 Å². The van der Waals surface area contributed by atoms with Gasteiger partial charge in [-0.15, -0.1) is 11.8 Å². The van der Waals surface area contributed by atoms with Gasteiger partial charge in [0.25, 0.3) is 5.91 Å². The van der Waals surface area contributed by atoms with Crippen LogP contribution in [0.4, 0.5) is 11.4 Å². The molecule has 0 spiro atoms. The molecule has 11 nitrogen and oxygen atoms in total. The Balaban J connectivity index is 1.09. The van der Waals surface area contributed by atoms with Crippen LogP contribution in [0.2, 0.25) is 0 Å². The second-order valence-electron chi connectivity index (χ2n) is 13.1. The number of imide groups is 1. The van der Waals surface area contributed by atoms with E-state index in [0.717, 1.165) is 21.9 Å². The molecule has 3 amide bonds. The number of esters is 1. The van der Waals surface area contributed by atoms with Crippen molar-refractivity contribution in [1.29, 1.82) is 0 Å². The maximum Gasteiger partial charge on any atom is 0.338 e. The van der Waals surface area contributed by atoms with Crippen molar-refractivity contribution >= 4 is 58.2 Å². The highest BCUT2D eigenvalue weighted by atomic mass is 32.2. The molecule has 3 aromatic carbocycles. The van der Waals surface area contributed by atoms with E-state index in [2.05, 4.69) is 10.3 Å². The van der Waals surface area contributed by atoms with Gasteiger partial charge in [0, 0.05) is 21.7 Å². The summed E-state index contributed by atoms with van der Waals surface area (Å²) < 4.78 is 17.0. The maximum absolute atomic E-state index is 14.2. The van der Waals surface area contributed by atoms with Gasteiger partial charge in [-0.3, -0.25) is 24.1 Å². The number of aromatic amines is 1. The Bertz CT molecular complexity index is 2080. The number of anilines is 2. The minimum Gasteiger partial charge on any atom is -0.490 e. The molecule has 4 aromatic rings. The second kappa shape index (κ2) is 13.3. The summed E-state index contributed by atoms with van der Waals surface area (Å²) >= 11 is 2.80. The first-order valence-electron chi connectivity index (χ1n) is 17.1. The van der Waals surface area contributed by atoms with E-state index in [1.165, 1.54) is 16.2 Å². The Kier molecular flexibility index (Phi) is 8.71. The highest BCUT2D eigenvalue weighted by Crippen LogP contribution is 2.68. The minimum absolute atomic E-state index is 0.00930. The van der Waals surface area contributed by atoms with Gasteiger partial charge < -0.3 is 24.5 Å². The highest BCUT2D eigenvalue weighted by Gasteiger charge is 2.69. The molecule has 2 bridgehead atoms. The summed E-state index contributed by atoms with van der Waals surface area (Å²) in [7, 11) is 0. The number of thioether (sulfide) groups is 1. The van der Waals surface area contributed by atoms with Gasteiger partial charge in [-0.05, 0) is 92.1 Å². The lowest BCUT2D eigenvalue weighted by Crippen LogP contribution is -2.42. The maximum atomic E-state index is 14.2. The van der Waals surface area contributed by atoms with Crippen LogP contribution in [0.1, 0.15) is 47.0 Å². The monoisotopic (exact) mass is 725 g/mol. The quantitative estimate of drug-likeness (QED) is 0.155. The zero-order valence-electron chi connectivity index (χ0n) is 27.8. The number of H-pyrrole nitrogens is 1. The molecule has 0 radical (unpaired) electrons. The van der Waals surface area contributed by atoms with E-state index in [1.54, 1.807) is 61.2 Å². The summed E-state index contributed by atoms with van der Waals surface area (Å²) in [5, 5.41) is 3.63. The van der Waals surface area contributed by atoms with E-state index in [0.29, 0.717) is 35.0 Å². The lowest BCUT2D eigenvalue weighted by Gasteiger charge is -2.43. The van der Waals surface area contributed by atoms with E-state index in [1.807, 2.05) is 37.3 Å². The predicted molar refractivity (Wildman–Crippen MR) is 192 cm³/mol. The Labute approximate surface area is 301 Å². The molecule has 2 aliphatic carbocycles. The van der Waals surface area contributed by atoms with Crippen molar-refractivity contribution in [3.63, 3.8) is 0 Å². The highest BCUT2D eigenvalue weighted by molar-refractivity contribution is 8.00. The number of nitrogens with zero attached hydrogens (tertiary/aromatic N) is 1. The molecular weight excluding hydrogens is 691 g/mol. The normalized spacial score (nSPS) is 25.6. The lowest BCUT2D eigenvalue weighted by atomic mass is 9.68. The zero-order valence-corrected chi connectivity index (χ0v) is 29.5. The molecule has 1 aromatic heterocycles. The molecule has 4 unspecified atom stereocenters. The van der Waals surface area contributed by atoms with Gasteiger partial charge in [0.1, 0.15) is 0 Å². The number of para-hydroxylation sites is 1. The average molecular weight is 726 g/mol. The van der Waals surface area contributed by atoms with Crippen molar-refractivity contribution in [2.75, 3.05) is 30.0 Å². The van der Waals surface area contributed by atoms with Crippen molar-refractivity contribution < 1.29 is 33.4 Å². The number of amides is 3. The van der Waals surface area contributed by atoms with Crippen LogP contribution in [0.25, 0.3) is 0 Å². The first-order chi connectivity index (χ1) is 24.8. The van der Waals surface area contributed by atoms with Crippen LogP contribution < -0.4 is 24.6 Å². The Morgan fingerprint density at radius 2 is 1.63 bits per heavy atom. The van der Waals surface area contributed by atoms with Crippen LogP contribution in [-0.2, 0) is 19.1 Å². The fourth-order valence-corrected chi connectivity index (χ4v) is 11.5. The van der Waals surface area contributed by atoms with Crippen LogP contribution >= 0.6 is 23.1 Å². The molecule has 3 fully saturated rings. The molecule has 2 N–H and O–H groups in total.